The van der Waals surface area contributed by atoms with Crippen LogP contribution in [0.2, 0.25) is 0 Å². The number of carbonyl (C=O) groups excluding carboxylic acids is 1. The molecule has 1 atom stereocenters. The quantitative estimate of drug-likeness (QED) is 0.753. The average molecular weight is 241 g/mol. The van der Waals surface area contributed by atoms with Crippen molar-refractivity contribution in [2.24, 2.45) is 11.7 Å². The van der Waals surface area contributed by atoms with Crippen molar-refractivity contribution >= 4 is 17.2 Å². The first-order valence-electron chi connectivity index (χ1n) is 5.62. The molecule has 4 nitrogen and oxygen atoms in total. The molecule has 0 spiro atoms. The summed E-state index contributed by atoms with van der Waals surface area (Å²) in [6, 6.07) is 0. The van der Waals surface area contributed by atoms with Crippen molar-refractivity contribution in [3.8, 4) is 0 Å². The van der Waals surface area contributed by atoms with Crippen LogP contribution in [0, 0.1) is 5.92 Å². The topological polar surface area (TPSA) is 68.0 Å². The van der Waals surface area contributed by atoms with Crippen molar-refractivity contribution in [1.82, 2.24) is 10.3 Å². The highest BCUT2D eigenvalue weighted by molar-refractivity contribution is 7.07. The summed E-state index contributed by atoms with van der Waals surface area (Å²) in [7, 11) is 0. The largest absolute Gasteiger partial charge is 0.355 e. The molecule has 1 aromatic rings. The van der Waals surface area contributed by atoms with Crippen LogP contribution in [0.3, 0.4) is 0 Å². The molecule has 90 valence electrons. The van der Waals surface area contributed by atoms with Crippen LogP contribution in [0.15, 0.2) is 10.9 Å². The van der Waals surface area contributed by atoms with E-state index in [0.29, 0.717) is 13.1 Å². The number of amides is 1. The lowest BCUT2D eigenvalue weighted by molar-refractivity contribution is -0.124. The Morgan fingerprint density at radius 2 is 2.50 bits per heavy atom. The SMILES string of the molecule is CCCC(CN)C(=O)NCCc1cscn1. The fraction of sp³-hybridized carbons (Fsp3) is 0.636. The molecular formula is C11H19N3OS. The van der Waals surface area contributed by atoms with Crippen LogP contribution in [-0.2, 0) is 11.2 Å². The van der Waals surface area contributed by atoms with Crippen molar-refractivity contribution in [2.75, 3.05) is 13.1 Å². The number of hydrogen-bond donors (Lipinski definition) is 2. The predicted octanol–water partition coefficient (Wildman–Crippen LogP) is 1.18. The summed E-state index contributed by atoms with van der Waals surface area (Å²) in [5.74, 6) is 0.0278. The van der Waals surface area contributed by atoms with Gasteiger partial charge in [-0.25, -0.2) is 4.98 Å². The van der Waals surface area contributed by atoms with Gasteiger partial charge in [0, 0.05) is 24.9 Å². The fourth-order valence-corrected chi connectivity index (χ4v) is 2.12. The Morgan fingerprint density at radius 3 is 3.06 bits per heavy atom. The number of nitrogens with zero attached hydrogens (tertiary/aromatic N) is 1. The van der Waals surface area contributed by atoms with E-state index in [2.05, 4.69) is 17.2 Å². The van der Waals surface area contributed by atoms with Gasteiger partial charge in [-0.15, -0.1) is 11.3 Å². The lowest BCUT2D eigenvalue weighted by atomic mass is 10.0. The van der Waals surface area contributed by atoms with E-state index in [9.17, 15) is 4.79 Å². The van der Waals surface area contributed by atoms with Crippen LogP contribution in [-0.4, -0.2) is 24.0 Å². The number of hydrogen-bond acceptors (Lipinski definition) is 4. The third kappa shape index (κ3) is 4.28. The molecule has 5 heteroatoms. The predicted molar refractivity (Wildman–Crippen MR) is 66.3 cm³/mol. The lowest BCUT2D eigenvalue weighted by Crippen LogP contribution is -2.36. The molecule has 1 amide bonds. The molecule has 0 bridgehead atoms. The van der Waals surface area contributed by atoms with Gasteiger partial charge in [-0.05, 0) is 6.42 Å². The van der Waals surface area contributed by atoms with E-state index in [1.807, 2.05) is 5.38 Å². The number of nitrogens with two attached hydrogens (primary N) is 1. The maximum absolute atomic E-state index is 11.7. The van der Waals surface area contributed by atoms with Gasteiger partial charge in [0.25, 0.3) is 0 Å². The van der Waals surface area contributed by atoms with Crippen LogP contribution in [0.25, 0.3) is 0 Å². The van der Waals surface area contributed by atoms with Crippen molar-refractivity contribution in [2.45, 2.75) is 26.2 Å². The molecule has 0 aliphatic rings. The van der Waals surface area contributed by atoms with Gasteiger partial charge in [0.05, 0.1) is 17.1 Å². The van der Waals surface area contributed by atoms with Gasteiger partial charge in [0.1, 0.15) is 0 Å². The first kappa shape index (κ1) is 13.1. The fourth-order valence-electron chi connectivity index (χ4n) is 1.52. The molecule has 0 aromatic carbocycles. The molecule has 1 heterocycles. The third-order valence-electron chi connectivity index (χ3n) is 2.46. The van der Waals surface area contributed by atoms with Crippen molar-refractivity contribution in [3.05, 3.63) is 16.6 Å². The van der Waals surface area contributed by atoms with Crippen molar-refractivity contribution in [1.29, 1.82) is 0 Å². The number of thiazole rings is 1. The number of nitrogens with one attached hydrogen (secondary N) is 1. The van der Waals surface area contributed by atoms with Crippen LogP contribution in [0.1, 0.15) is 25.5 Å². The maximum Gasteiger partial charge on any atom is 0.224 e. The Bertz CT molecular complexity index is 300. The van der Waals surface area contributed by atoms with E-state index < -0.39 is 0 Å². The van der Waals surface area contributed by atoms with Crippen LogP contribution in [0.5, 0.6) is 0 Å². The van der Waals surface area contributed by atoms with Crippen molar-refractivity contribution in [3.63, 3.8) is 0 Å². The Morgan fingerprint density at radius 1 is 1.69 bits per heavy atom. The summed E-state index contributed by atoms with van der Waals surface area (Å²) in [5.41, 5.74) is 8.39. The minimum atomic E-state index is -0.0413. The minimum Gasteiger partial charge on any atom is -0.355 e. The van der Waals surface area contributed by atoms with Crippen molar-refractivity contribution < 1.29 is 4.79 Å². The number of carbonyl (C=O) groups is 1. The van der Waals surface area contributed by atoms with E-state index in [-0.39, 0.29) is 11.8 Å². The third-order valence-corrected chi connectivity index (χ3v) is 3.09. The van der Waals surface area contributed by atoms with E-state index >= 15 is 0 Å². The molecule has 16 heavy (non-hydrogen) atoms. The van der Waals surface area contributed by atoms with E-state index in [1.54, 1.807) is 16.8 Å². The van der Waals surface area contributed by atoms with Crippen LogP contribution < -0.4 is 11.1 Å². The van der Waals surface area contributed by atoms with E-state index in [4.69, 9.17) is 5.73 Å². The normalized spacial score (nSPS) is 12.4. The zero-order valence-electron chi connectivity index (χ0n) is 9.61. The van der Waals surface area contributed by atoms with Gasteiger partial charge in [0.2, 0.25) is 5.91 Å². The van der Waals surface area contributed by atoms with Crippen LogP contribution in [0.4, 0.5) is 0 Å². The summed E-state index contributed by atoms with van der Waals surface area (Å²) in [4.78, 5) is 15.8. The number of aromatic nitrogens is 1. The summed E-state index contributed by atoms with van der Waals surface area (Å²) in [6.07, 6.45) is 2.64. The molecule has 1 aromatic heterocycles. The monoisotopic (exact) mass is 241 g/mol. The van der Waals surface area contributed by atoms with Gasteiger partial charge in [-0.3, -0.25) is 4.79 Å². The average Bonchev–Trinajstić information content (AvgIpc) is 2.78. The van der Waals surface area contributed by atoms with Crippen LogP contribution >= 0.6 is 11.3 Å². The van der Waals surface area contributed by atoms with Gasteiger partial charge >= 0.3 is 0 Å². The Hall–Kier alpha value is -0.940. The molecule has 0 radical (unpaired) electrons. The highest BCUT2D eigenvalue weighted by atomic mass is 32.1. The van der Waals surface area contributed by atoms with E-state index in [1.165, 1.54) is 0 Å². The lowest BCUT2D eigenvalue weighted by Gasteiger charge is -2.13. The zero-order valence-corrected chi connectivity index (χ0v) is 10.4. The first-order chi connectivity index (χ1) is 7.77. The molecule has 0 saturated heterocycles. The molecule has 1 unspecified atom stereocenters. The molecule has 0 fully saturated rings. The maximum atomic E-state index is 11.7. The smallest absolute Gasteiger partial charge is 0.224 e. The molecule has 0 saturated carbocycles. The standard InChI is InChI=1S/C11H19N3OS/c1-2-3-9(6-12)11(15)13-5-4-10-7-16-8-14-10/h7-9H,2-6,12H2,1H3,(H,13,15). The minimum absolute atomic E-state index is 0.0413. The highest BCUT2D eigenvalue weighted by Gasteiger charge is 2.14. The summed E-state index contributed by atoms with van der Waals surface area (Å²) >= 11 is 1.57. The molecule has 1 rings (SSSR count). The van der Waals surface area contributed by atoms with Gasteiger partial charge in [-0.1, -0.05) is 13.3 Å². The van der Waals surface area contributed by atoms with Gasteiger partial charge in [0.15, 0.2) is 0 Å². The Kier molecular flexibility index (Phi) is 6.03. The van der Waals surface area contributed by atoms with E-state index in [0.717, 1.165) is 25.0 Å². The molecule has 3 N–H and O–H groups in total. The van der Waals surface area contributed by atoms with Gasteiger partial charge in [-0.2, -0.15) is 0 Å². The zero-order chi connectivity index (χ0) is 11.8. The summed E-state index contributed by atoms with van der Waals surface area (Å²) in [6.45, 7) is 3.13. The number of rotatable bonds is 7. The molecule has 0 aliphatic carbocycles. The van der Waals surface area contributed by atoms with Gasteiger partial charge < -0.3 is 11.1 Å². The summed E-state index contributed by atoms with van der Waals surface area (Å²) in [5, 5.41) is 4.90. The second kappa shape index (κ2) is 7.35. The first-order valence-corrected chi connectivity index (χ1v) is 6.57. The Labute approximate surface area is 100 Å². The highest BCUT2D eigenvalue weighted by Crippen LogP contribution is 2.05. The Balaban J connectivity index is 2.23. The molecular weight excluding hydrogens is 222 g/mol. The second-order valence-electron chi connectivity index (χ2n) is 3.74. The summed E-state index contributed by atoms with van der Waals surface area (Å²) < 4.78 is 0. The second-order valence-corrected chi connectivity index (χ2v) is 4.46. The molecule has 0 aliphatic heterocycles.